The zero-order chi connectivity index (χ0) is 26.8. The van der Waals surface area contributed by atoms with Crippen LogP contribution in [0.5, 0.6) is 11.5 Å². The van der Waals surface area contributed by atoms with E-state index in [0.717, 1.165) is 24.8 Å². The second-order valence-electron chi connectivity index (χ2n) is 10.2. The average Bonchev–Trinajstić information content (AvgIpc) is 3.62. The Labute approximate surface area is 227 Å². The van der Waals surface area contributed by atoms with Gasteiger partial charge in [-0.2, -0.15) is 9.29 Å². The van der Waals surface area contributed by atoms with E-state index in [9.17, 15) is 13.2 Å². The molecule has 11 nitrogen and oxygen atoms in total. The first-order valence-corrected chi connectivity index (χ1v) is 14.9. The van der Waals surface area contributed by atoms with Gasteiger partial charge in [-0.05, 0) is 49.9 Å². The molecule has 3 aliphatic rings. The molecule has 0 spiro atoms. The van der Waals surface area contributed by atoms with Crippen LogP contribution in [0.1, 0.15) is 50.3 Å². The molecule has 0 unspecified atom stereocenters. The number of nitrogens with zero attached hydrogens (tertiary/aromatic N) is 4. The van der Waals surface area contributed by atoms with Gasteiger partial charge in [-0.1, -0.05) is 18.0 Å². The third-order valence-electron chi connectivity index (χ3n) is 7.67. The van der Waals surface area contributed by atoms with Gasteiger partial charge < -0.3 is 19.3 Å². The van der Waals surface area contributed by atoms with E-state index >= 15 is 0 Å². The fraction of sp³-hybridized carbons (Fsp3) is 0.481. The van der Waals surface area contributed by atoms with Crippen LogP contribution in [0.25, 0.3) is 11.4 Å². The van der Waals surface area contributed by atoms with Crippen LogP contribution in [0, 0.1) is 5.92 Å². The van der Waals surface area contributed by atoms with Crippen LogP contribution in [0.3, 0.4) is 0 Å². The Balaban J connectivity index is 1.33. The Morgan fingerprint density at radius 2 is 1.85 bits per heavy atom. The molecule has 0 bridgehead atoms. The zero-order valence-electron chi connectivity index (χ0n) is 21.5. The Hall–Kier alpha value is -3.51. The quantitative estimate of drug-likeness (QED) is 0.517. The molecule has 4 heterocycles. The van der Waals surface area contributed by atoms with E-state index in [0.29, 0.717) is 68.8 Å². The lowest BCUT2D eigenvalue weighted by atomic mass is 10.0. The SMILES string of the molecule is O=C1NCCCCCCN(S(=O)(=O)c2ccc3c(c2)OCCO3)[C@H]2C[C@H](c3nc(-c4cccnc4)no3)C[C@@H]12. The van der Waals surface area contributed by atoms with E-state index in [-0.39, 0.29) is 16.7 Å². The number of sulfonamides is 1. The molecule has 1 saturated heterocycles. The van der Waals surface area contributed by atoms with Crippen molar-refractivity contribution in [2.24, 2.45) is 5.92 Å². The first-order chi connectivity index (χ1) is 19.0. The maximum absolute atomic E-state index is 14.1. The lowest BCUT2D eigenvalue weighted by Crippen LogP contribution is -2.47. The van der Waals surface area contributed by atoms with Crippen molar-refractivity contribution in [2.75, 3.05) is 26.3 Å². The van der Waals surface area contributed by atoms with E-state index in [4.69, 9.17) is 14.0 Å². The van der Waals surface area contributed by atoms with E-state index < -0.39 is 22.0 Å². The minimum Gasteiger partial charge on any atom is -0.486 e. The molecule has 39 heavy (non-hydrogen) atoms. The van der Waals surface area contributed by atoms with Gasteiger partial charge in [0, 0.05) is 49.1 Å². The molecule has 2 aliphatic heterocycles. The van der Waals surface area contributed by atoms with Crippen LogP contribution in [0.2, 0.25) is 0 Å². The van der Waals surface area contributed by atoms with Crippen molar-refractivity contribution >= 4 is 15.9 Å². The van der Waals surface area contributed by atoms with Crippen molar-refractivity contribution in [3.63, 3.8) is 0 Å². The third kappa shape index (κ3) is 5.22. The van der Waals surface area contributed by atoms with Crippen LogP contribution >= 0.6 is 0 Å². The Morgan fingerprint density at radius 1 is 1.00 bits per heavy atom. The number of pyridine rings is 1. The standard InChI is InChI=1S/C27H31N5O6S/c33-26-21-14-19(27-30-25(31-38-27)18-6-5-9-28-17-18)15-22(21)32(11-4-2-1-3-10-29-26)39(34,35)20-7-8-23-24(16-20)37-13-12-36-23/h5-9,16-17,19,21-22H,1-4,10-15H2,(H,29,33)/t19-,21-,22+/m1/s1. The van der Waals surface area contributed by atoms with Crippen molar-refractivity contribution < 1.29 is 27.2 Å². The van der Waals surface area contributed by atoms with E-state index in [2.05, 4.69) is 20.4 Å². The monoisotopic (exact) mass is 553 g/mol. The smallest absolute Gasteiger partial charge is 0.243 e. The van der Waals surface area contributed by atoms with Crippen LogP contribution < -0.4 is 14.8 Å². The lowest BCUT2D eigenvalue weighted by Gasteiger charge is -2.32. The Morgan fingerprint density at radius 3 is 2.69 bits per heavy atom. The summed E-state index contributed by atoms with van der Waals surface area (Å²) >= 11 is 0. The topological polar surface area (TPSA) is 137 Å². The number of hydrogen-bond donors (Lipinski definition) is 1. The molecule has 1 aromatic carbocycles. The molecule has 2 fully saturated rings. The number of aromatic nitrogens is 3. The molecule has 12 heteroatoms. The number of carbonyl (C=O) groups excluding carboxylic acids is 1. The number of benzene rings is 1. The summed E-state index contributed by atoms with van der Waals surface area (Å²) in [7, 11) is -3.95. The molecule has 3 atom stereocenters. The number of rotatable bonds is 4. The maximum atomic E-state index is 14.1. The maximum Gasteiger partial charge on any atom is 0.243 e. The highest BCUT2D eigenvalue weighted by molar-refractivity contribution is 7.89. The van der Waals surface area contributed by atoms with Crippen molar-refractivity contribution in [3.8, 4) is 22.9 Å². The average molecular weight is 554 g/mol. The van der Waals surface area contributed by atoms with Crippen LogP contribution in [-0.4, -0.2) is 66.1 Å². The van der Waals surface area contributed by atoms with Gasteiger partial charge in [0.1, 0.15) is 13.2 Å². The van der Waals surface area contributed by atoms with Crippen LogP contribution in [0.15, 0.2) is 52.1 Å². The first-order valence-electron chi connectivity index (χ1n) is 13.4. The molecular formula is C27H31N5O6S. The molecular weight excluding hydrogens is 522 g/mol. The summed E-state index contributed by atoms with van der Waals surface area (Å²) in [6.07, 6.45) is 7.51. The predicted molar refractivity (Wildman–Crippen MR) is 140 cm³/mol. The highest BCUT2D eigenvalue weighted by atomic mass is 32.2. The normalized spacial score (nSPS) is 24.4. The summed E-state index contributed by atoms with van der Waals surface area (Å²) in [4.78, 5) is 22.2. The minimum atomic E-state index is -3.95. The molecule has 2 aromatic heterocycles. The fourth-order valence-corrected chi connectivity index (χ4v) is 7.43. The van der Waals surface area contributed by atoms with E-state index in [1.165, 1.54) is 10.4 Å². The lowest BCUT2D eigenvalue weighted by molar-refractivity contribution is -0.125. The van der Waals surface area contributed by atoms with Gasteiger partial charge in [-0.3, -0.25) is 9.78 Å². The number of carbonyl (C=O) groups is 1. The van der Waals surface area contributed by atoms with Crippen molar-refractivity contribution in [1.29, 1.82) is 0 Å². The van der Waals surface area contributed by atoms with Gasteiger partial charge in [-0.15, -0.1) is 0 Å². The van der Waals surface area contributed by atoms with Crippen LogP contribution in [-0.2, 0) is 14.8 Å². The number of nitrogens with one attached hydrogen (secondary N) is 1. The summed E-state index contributed by atoms with van der Waals surface area (Å²) in [5, 5.41) is 7.15. The highest BCUT2D eigenvalue weighted by Crippen LogP contribution is 2.43. The number of ether oxygens (including phenoxy) is 2. The van der Waals surface area contributed by atoms with Crippen molar-refractivity contribution in [2.45, 2.75) is 55.4 Å². The molecule has 3 aromatic rings. The fourth-order valence-electron chi connectivity index (χ4n) is 5.70. The van der Waals surface area contributed by atoms with Crippen LogP contribution in [0.4, 0.5) is 0 Å². The summed E-state index contributed by atoms with van der Waals surface area (Å²) in [6, 6.07) is 7.79. The van der Waals surface area contributed by atoms with Gasteiger partial charge in [0.25, 0.3) is 0 Å². The number of hydrogen-bond acceptors (Lipinski definition) is 9. The van der Waals surface area contributed by atoms with Gasteiger partial charge in [0.15, 0.2) is 11.5 Å². The van der Waals surface area contributed by atoms with Gasteiger partial charge in [-0.25, -0.2) is 8.42 Å². The molecule has 1 saturated carbocycles. The highest BCUT2D eigenvalue weighted by Gasteiger charge is 2.47. The summed E-state index contributed by atoms with van der Waals surface area (Å²) in [6.45, 7) is 1.68. The minimum absolute atomic E-state index is 0.126. The van der Waals surface area contributed by atoms with Gasteiger partial charge in [0.05, 0.1) is 10.8 Å². The largest absolute Gasteiger partial charge is 0.486 e. The Kier molecular flexibility index (Phi) is 7.22. The molecule has 0 radical (unpaired) electrons. The third-order valence-corrected chi connectivity index (χ3v) is 9.59. The zero-order valence-corrected chi connectivity index (χ0v) is 22.3. The van der Waals surface area contributed by atoms with Crippen molar-refractivity contribution in [1.82, 2.24) is 24.7 Å². The Bertz CT molecular complexity index is 1430. The van der Waals surface area contributed by atoms with Crippen molar-refractivity contribution in [3.05, 3.63) is 48.6 Å². The molecule has 6 rings (SSSR count). The summed E-state index contributed by atoms with van der Waals surface area (Å²) in [5.74, 6) is 0.803. The number of fused-ring (bicyclic) bond motifs is 2. The van der Waals surface area contributed by atoms with Gasteiger partial charge >= 0.3 is 0 Å². The molecule has 206 valence electrons. The predicted octanol–water partition coefficient (Wildman–Crippen LogP) is 3.15. The summed E-state index contributed by atoms with van der Waals surface area (Å²) < 4.78 is 46.7. The van der Waals surface area contributed by atoms with E-state index in [1.54, 1.807) is 30.6 Å². The second kappa shape index (κ2) is 10.9. The van der Waals surface area contributed by atoms with E-state index in [1.807, 2.05) is 6.07 Å². The number of amides is 1. The summed E-state index contributed by atoms with van der Waals surface area (Å²) in [5.41, 5.74) is 0.723. The second-order valence-corrected chi connectivity index (χ2v) is 12.1. The first kappa shape index (κ1) is 25.8. The molecule has 1 amide bonds. The molecule has 1 aliphatic carbocycles. The van der Waals surface area contributed by atoms with Gasteiger partial charge in [0.2, 0.25) is 27.6 Å². The molecule has 1 N–H and O–H groups in total.